The number of carbonyl (C=O) groups excluding carboxylic acids is 1. The van der Waals surface area contributed by atoms with Crippen LogP contribution in [0.3, 0.4) is 0 Å². The summed E-state index contributed by atoms with van der Waals surface area (Å²) < 4.78 is 10.9. The van der Waals surface area contributed by atoms with Crippen molar-refractivity contribution >= 4 is 16.8 Å². The SMILES string of the molecule is COc1ccc(-c2cc(C(=O)N3CCCCC3)c3ccccc3n2)c(OC)c1. The largest absolute Gasteiger partial charge is 0.497 e. The van der Waals surface area contributed by atoms with Crippen molar-refractivity contribution in [2.24, 2.45) is 0 Å². The van der Waals surface area contributed by atoms with Crippen LogP contribution in [0.4, 0.5) is 0 Å². The Morgan fingerprint density at radius 3 is 2.50 bits per heavy atom. The Kier molecular flexibility index (Phi) is 5.15. The predicted octanol–water partition coefficient (Wildman–Crippen LogP) is 4.55. The highest BCUT2D eigenvalue weighted by Crippen LogP contribution is 2.34. The molecule has 0 spiro atoms. The molecule has 1 fully saturated rings. The van der Waals surface area contributed by atoms with Crippen molar-refractivity contribution in [3.05, 3.63) is 54.1 Å². The molecule has 5 nitrogen and oxygen atoms in total. The third kappa shape index (κ3) is 3.40. The summed E-state index contributed by atoms with van der Waals surface area (Å²) in [6.07, 6.45) is 3.32. The molecule has 1 aliphatic rings. The molecule has 1 amide bonds. The number of hydrogen-bond acceptors (Lipinski definition) is 4. The van der Waals surface area contributed by atoms with Crippen molar-refractivity contribution in [3.8, 4) is 22.8 Å². The highest BCUT2D eigenvalue weighted by molar-refractivity contribution is 6.07. The van der Waals surface area contributed by atoms with E-state index in [0.29, 0.717) is 17.1 Å². The fourth-order valence-corrected chi connectivity index (χ4v) is 3.77. The lowest BCUT2D eigenvalue weighted by molar-refractivity contribution is 0.0726. The maximum Gasteiger partial charge on any atom is 0.254 e. The second kappa shape index (κ2) is 7.89. The highest BCUT2D eigenvalue weighted by Gasteiger charge is 2.22. The van der Waals surface area contributed by atoms with Crippen LogP contribution in [0.5, 0.6) is 11.5 Å². The Morgan fingerprint density at radius 2 is 1.75 bits per heavy atom. The molecule has 144 valence electrons. The van der Waals surface area contributed by atoms with Crippen LogP contribution >= 0.6 is 0 Å². The maximum atomic E-state index is 13.3. The number of pyridine rings is 1. The van der Waals surface area contributed by atoms with Crippen molar-refractivity contribution in [2.75, 3.05) is 27.3 Å². The average molecular weight is 376 g/mol. The molecule has 28 heavy (non-hydrogen) atoms. The third-order valence-electron chi connectivity index (χ3n) is 5.27. The lowest BCUT2D eigenvalue weighted by Crippen LogP contribution is -2.35. The predicted molar refractivity (Wildman–Crippen MR) is 110 cm³/mol. The molecule has 0 bridgehead atoms. The van der Waals surface area contributed by atoms with E-state index in [9.17, 15) is 4.79 Å². The zero-order chi connectivity index (χ0) is 19.5. The number of likely N-dealkylation sites (tertiary alicyclic amines) is 1. The molecule has 0 saturated carbocycles. The van der Waals surface area contributed by atoms with Gasteiger partial charge in [-0.3, -0.25) is 4.79 Å². The van der Waals surface area contributed by atoms with Gasteiger partial charge in [0.15, 0.2) is 0 Å². The van der Waals surface area contributed by atoms with Crippen LogP contribution in [0, 0.1) is 0 Å². The molecular weight excluding hydrogens is 352 g/mol. The van der Waals surface area contributed by atoms with Crippen LogP contribution in [0.25, 0.3) is 22.2 Å². The van der Waals surface area contributed by atoms with E-state index in [1.807, 2.05) is 53.4 Å². The van der Waals surface area contributed by atoms with E-state index in [-0.39, 0.29) is 5.91 Å². The number of para-hydroxylation sites is 1. The van der Waals surface area contributed by atoms with Crippen molar-refractivity contribution in [3.63, 3.8) is 0 Å². The summed E-state index contributed by atoms with van der Waals surface area (Å²) in [5.41, 5.74) is 3.05. The number of amides is 1. The number of methoxy groups -OCH3 is 2. The molecule has 1 aliphatic heterocycles. The van der Waals surface area contributed by atoms with E-state index >= 15 is 0 Å². The average Bonchev–Trinajstić information content (AvgIpc) is 2.78. The Morgan fingerprint density at radius 1 is 0.964 bits per heavy atom. The van der Waals surface area contributed by atoms with Crippen LogP contribution in [0.15, 0.2) is 48.5 Å². The number of piperidine rings is 1. The Labute approximate surface area is 164 Å². The van der Waals surface area contributed by atoms with Crippen molar-refractivity contribution in [2.45, 2.75) is 19.3 Å². The summed E-state index contributed by atoms with van der Waals surface area (Å²) in [6.45, 7) is 1.63. The normalized spacial score (nSPS) is 14.1. The number of aromatic nitrogens is 1. The zero-order valence-corrected chi connectivity index (χ0v) is 16.3. The zero-order valence-electron chi connectivity index (χ0n) is 16.3. The van der Waals surface area contributed by atoms with Crippen LogP contribution in [-0.4, -0.2) is 43.1 Å². The molecule has 0 atom stereocenters. The topological polar surface area (TPSA) is 51.7 Å². The van der Waals surface area contributed by atoms with Gasteiger partial charge in [0.2, 0.25) is 0 Å². The summed E-state index contributed by atoms with van der Waals surface area (Å²) in [5, 5.41) is 0.884. The molecule has 0 unspecified atom stereocenters. The first-order chi connectivity index (χ1) is 13.7. The van der Waals surface area contributed by atoms with Gasteiger partial charge >= 0.3 is 0 Å². The molecular formula is C23H24N2O3. The molecule has 1 aromatic heterocycles. The minimum Gasteiger partial charge on any atom is -0.497 e. The molecule has 3 aromatic rings. The Balaban J connectivity index is 1.86. The second-order valence-corrected chi connectivity index (χ2v) is 6.99. The van der Waals surface area contributed by atoms with Crippen molar-refractivity contribution in [1.82, 2.24) is 9.88 Å². The molecule has 2 aromatic carbocycles. The van der Waals surface area contributed by atoms with Gasteiger partial charge in [-0.2, -0.15) is 0 Å². The number of ether oxygens (including phenoxy) is 2. The van der Waals surface area contributed by atoms with Gasteiger partial charge in [-0.05, 0) is 43.5 Å². The van der Waals surface area contributed by atoms with Gasteiger partial charge in [0, 0.05) is 30.1 Å². The van der Waals surface area contributed by atoms with Gasteiger partial charge in [0.25, 0.3) is 5.91 Å². The molecule has 0 N–H and O–H groups in total. The molecule has 2 heterocycles. The summed E-state index contributed by atoms with van der Waals surface area (Å²) in [5.74, 6) is 1.46. The first-order valence-corrected chi connectivity index (χ1v) is 9.62. The van der Waals surface area contributed by atoms with Gasteiger partial charge in [-0.25, -0.2) is 4.98 Å². The third-order valence-corrected chi connectivity index (χ3v) is 5.27. The van der Waals surface area contributed by atoms with Crippen molar-refractivity contribution in [1.29, 1.82) is 0 Å². The molecule has 5 heteroatoms. The number of rotatable bonds is 4. The monoisotopic (exact) mass is 376 g/mol. The van der Waals surface area contributed by atoms with Gasteiger partial charge in [0.05, 0.1) is 31.0 Å². The minimum atomic E-state index is 0.0760. The summed E-state index contributed by atoms with van der Waals surface area (Å²) >= 11 is 0. The van der Waals surface area contributed by atoms with Crippen LogP contribution < -0.4 is 9.47 Å². The number of fused-ring (bicyclic) bond motifs is 1. The quantitative estimate of drug-likeness (QED) is 0.671. The lowest BCUT2D eigenvalue weighted by Gasteiger charge is -2.27. The fourth-order valence-electron chi connectivity index (χ4n) is 3.77. The number of nitrogens with zero attached hydrogens (tertiary/aromatic N) is 2. The van der Waals surface area contributed by atoms with E-state index in [1.54, 1.807) is 14.2 Å². The van der Waals surface area contributed by atoms with E-state index in [2.05, 4.69) is 0 Å². The molecule has 4 rings (SSSR count). The number of hydrogen-bond donors (Lipinski definition) is 0. The van der Waals surface area contributed by atoms with Gasteiger partial charge in [0.1, 0.15) is 11.5 Å². The lowest BCUT2D eigenvalue weighted by atomic mass is 10.0. The van der Waals surface area contributed by atoms with Gasteiger partial charge in [-0.15, -0.1) is 0 Å². The van der Waals surface area contributed by atoms with E-state index in [1.165, 1.54) is 6.42 Å². The smallest absolute Gasteiger partial charge is 0.254 e. The summed E-state index contributed by atoms with van der Waals surface area (Å²) in [4.78, 5) is 20.1. The first-order valence-electron chi connectivity index (χ1n) is 9.62. The number of benzene rings is 2. The highest BCUT2D eigenvalue weighted by atomic mass is 16.5. The van der Waals surface area contributed by atoms with E-state index < -0.39 is 0 Å². The fraction of sp³-hybridized carbons (Fsp3) is 0.304. The second-order valence-electron chi connectivity index (χ2n) is 6.99. The maximum absolute atomic E-state index is 13.3. The standard InChI is InChI=1S/C23H24N2O3/c1-27-16-10-11-18(22(14-16)28-2)21-15-19(17-8-4-5-9-20(17)24-21)23(26)25-12-6-3-7-13-25/h4-5,8-11,14-15H,3,6-7,12-13H2,1-2H3. The van der Waals surface area contributed by atoms with E-state index in [4.69, 9.17) is 14.5 Å². The van der Waals surface area contributed by atoms with Crippen LogP contribution in [-0.2, 0) is 0 Å². The van der Waals surface area contributed by atoms with Crippen molar-refractivity contribution < 1.29 is 14.3 Å². The first kappa shape index (κ1) is 18.3. The Hall–Kier alpha value is -3.08. The summed E-state index contributed by atoms with van der Waals surface area (Å²) in [6, 6.07) is 15.3. The number of carbonyl (C=O) groups is 1. The molecule has 1 saturated heterocycles. The summed E-state index contributed by atoms with van der Waals surface area (Å²) in [7, 11) is 3.25. The van der Waals surface area contributed by atoms with Crippen LogP contribution in [0.1, 0.15) is 29.6 Å². The van der Waals surface area contributed by atoms with Gasteiger partial charge < -0.3 is 14.4 Å². The molecule has 0 aliphatic carbocycles. The van der Waals surface area contributed by atoms with Gasteiger partial charge in [-0.1, -0.05) is 18.2 Å². The Bertz CT molecular complexity index is 1010. The van der Waals surface area contributed by atoms with Crippen LogP contribution in [0.2, 0.25) is 0 Å². The van der Waals surface area contributed by atoms with E-state index in [0.717, 1.165) is 48.1 Å². The minimum absolute atomic E-state index is 0.0760. The molecule has 0 radical (unpaired) electrons.